The highest BCUT2D eigenvalue weighted by atomic mass is 35.5. The van der Waals surface area contributed by atoms with Crippen molar-refractivity contribution in [2.45, 2.75) is 19.5 Å². The Morgan fingerprint density at radius 3 is 2.59 bits per heavy atom. The van der Waals surface area contributed by atoms with Crippen molar-refractivity contribution in [1.82, 2.24) is 5.32 Å². The van der Waals surface area contributed by atoms with E-state index in [1.807, 2.05) is 30.3 Å². The first-order valence-electron chi connectivity index (χ1n) is 9.83. The van der Waals surface area contributed by atoms with Crippen LogP contribution in [0, 0.1) is 5.82 Å². The maximum atomic E-state index is 14.1. The van der Waals surface area contributed by atoms with Gasteiger partial charge in [-0.25, -0.2) is 4.39 Å². The number of amides is 1. The molecule has 32 heavy (non-hydrogen) atoms. The normalized spacial score (nSPS) is 14.8. The van der Waals surface area contributed by atoms with Crippen LogP contribution in [0.15, 0.2) is 66.7 Å². The third-order valence-electron chi connectivity index (χ3n) is 4.78. The maximum Gasteiger partial charge on any atom is 0.325 e. The third kappa shape index (κ3) is 5.25. The Balaban J connectivity index is 1.38. The molecule has 1 N–H and O–H groups in total. The van der Waals surface area contributed by atoms with Crippen LogP contribution in [0.2, 0.25) is 5.02 Å². The van der Waals surface area contributed by atoms with Gasteiger partial charge in [0.25, 0.3) is 5.91 Å². The Kier molecular flexibility index (Phi) is 6.68. The van der Waals surface area contributed by atoms with Crippen molar-refractivity contribution in [3.8, 4) is 5.75 Å². The number of hydrogen-bond donors (Lipinski definition) is 1. The first-order valence-corrected chi connectivity index (χ1v) is 10.2. The molecule has 0 radical (unpaired) electrons. The molecule has 0 aliphatic carbocycles. The van der Waals surface area contributed by atoms with Crippen molar-refractivity contribution in [3.63, 3.8) is 0 Å². The Morgan fingerprint density at radius 2 is 1.84 bits per heavy atom. The summed E-state index contributed by atoms with van der Waals surface area (Å²) in [5.41, 5.74) is 2.08. The highest BCUT2D eigenvalue weighted by molar-refractivity contribution is 6.30. The van der Waals surface area contributed by atoms with Crippen LogP contribution in [0.25, 0.3) is 0 Å². The van der Waals surface area contributed by atoms with Gasteiger partial charge in [-0.2, -0.15) is 0 Å². The van der Waals surface area contributed by atoms with E-state index in [-0.39, 0.29) is 19.8 Å². The summed E-state index contributed by atoms with van der Waals surface area (Å²) in [4.78, 5) is 24.2. The molecule has 0 bridgehead atoms. The number of ether oxygens (including phenoxy) is 3. The molecule has 0 spiro atoms. The molecular formula is C24H19ClFNO5. The van der Waals surface area contributed by atoms with Crippen LogP contribution in [-0.2, 0) is 27.5 Å². The molecule has 1 aliphatic rings. The van der Waals surface area contributed by atoms with E-state index in [4.69, 9.17) is 25.8 Å². The molecule has 4 rings (SSSR count). The predicted molar refractivity (Wildman–Crippen MR) is 115 cm³/mol. The zero-order chi connectivity index (χ0) is 22.5. The van der Waals surface area contributed by atoms with Gasteiger partial charge in [0.05, 0.1) is 6.61 Å². The monoisotopic (exact) mass is 455 g/mol. The topological polar surface area (TPSA) is 73.9 Å². The van der Waals surface area contributed by atoms with Gasteiger partial charge < -0.3 is 19.5 Å². The lowest BCUT2D eigenvalue weighted by Crippen LogP contribution is -2.30. The highest BCUT2D eigenvalue weighted by Gasteiger charge is 2.25. The van der Waals surface area contributed by atoms with Gasteiger partial charge in [-0.15, -0.1) is 0 Å². The average Bonchev–Trinajstić information content (AvgIpc) is 2.81. The zero-order valence-corrected chi connectivity index (χ0v) is 17.6. The smallest absolute Gasteiger partial charge is 0.325 e. The van der Waals surface area contributed by atoms with E-state index in [0.717, 1.165) is 5.56 Å². The molecule has 8 heteroatoms. The molecule has 3 aromatic carbocycles. The molecule has 6 nitrogen and oxygen atoms in total. The van der Waals surface area contributed by atoms with Crippen molar-refractivity contribution in [2.24, 2.45) is 0 Å². The minimum atomic E-state index is -0.669. The van der Waals surface area contributed by atoms with Crippen LogP contribution in [0.4, 0.5) is 4.39 Å². The van der Waals surface area contributed by atoms with Gasteiger partial charge in [-0.1, -0.05) is 41.9 Å². The van der Waals surface area contributed by atoms with E-state index in [0.29, 0.717) is 27.5 Å². The lowest BCUT2D eigenvalue weighted by Gasteiger charge is -2.28. The molecule has 1 amide bonds. The fourth-order valence-corrected chi connectivity index (χ4v) is 3.35. The zero-order valence-electron chi connectivity index (χ0n) is 16.8. The molecule has 0 saturated carbocycles. The summed E-state index contributed by atoms with van der Waals surface area (Å²) in [5, 5.41) is 2.98. The molecule has 0 saturated heterocycles. The fourth-order valence-electron chi connectivity index (χ4n) is 3.22. The van der Waals surface area contributed by atoms with Gasteiger partial charge in [0, 0.05) is 27.3 Å². The Hall–Kier alpha value is -3.42. The van der Waals surface area contributed by atoms with Gasteiger partial charge in [0.2, 0.25) is 6.29 Å². The summed E-state index contributed by atoms with van der Waals surface area (Å²) in [6.07, 6.45) is -0.651. The van der Waals surface area contributed by atoms with Gasteiger partial charge in [-0.3, -0.25) is 9.59 Å². The van der Waals surface area contributed by atoms with Crippen LogP contribution in [0.5, 0.6) is 5.75 Å². The van der Waals surface area contributed by atoms with E-state index >= 15 is 0 Å². The molecule has 1 unspecified atom stereocenters. The SMILES string of the molecule is O=C(CNC(=O)c1ccc(Cl)cc1)OCc1cc(F)cc2c1OC(c1ccccc1)OC2. The summed E-state index contributed by atoms with van der Waals surface area (Å²) in [6, 6.07) is 18.2. The van der Waals surface area contributed by atoms with Gasteiger partial charge in [0.1, 0.15) is 24.7 Å². The number of esters is 1. The van der Waals surface area contributed by atoms with Crippen molar-refractivity contribution >= 4 is 23.5 Å². The average molecular weight is 456 g/mol. The lowest BCUT2D eigenvalue weighted by molar-refractivity contribution is -0.144. The minimum Gasteiger partial charge on any atom is -0.460 e. The van der Waals surface area contributed by atoms with Crippen LogP contribution < -0.4 is 10.1 Å². The van der Waals surface area contributed by atoms with Gasteiger partial charge in [-0.05, 0) is 36.4 Å². The molecule has 1 heterocycles. The first-order chi connectivity index (χ1) is 15.5. The summed E-state index contributed by atoms with van der Waals surface area (Å²) < 4.78 is 30.9. The second-order valence-electron chi connectivity index (χ2n) is 7.07. The van der Waals surface area contributed by atoms with Crippen LogP contribution >= 0.6 is 11.6 Å². The number of hydrogen-bond acceptors (Lipinski definition) is 5. The Morgan fingerprint density at radius 1 is 1.09 bits per heavy atom. The molecule has 0 aromatic heterocycles. The molecule has 0 fully saturated rings. The largest absolute Gasteiger partial charge is 0.460 e. The number of halogens is 2. The van der Waals surface area contributed by atoms with E-state index in [9.17, 15) is 14.0 Å². The number of rotatable bonds is 6. The number of benzene rings is 3. The van der Waals surface area contributed by atoms with E-state index in [1.165, 1.54) is 12.1 Å². The predicted octanol–water partition coefficient (Wildman–Crippen LogP) is 4.56. The van der Waals surface area contributed by atoms with Crippen LogP contribution in [0.1, 0.15) is 33.3 Å². The van der Waals surface area contributed by atoms with Crippen molar-refractivity contribution in [3.05, 3.63) is 99.8 Å². The van der Waals surface area contributed by atoms with Gasteiger partial charge in [0.15, 0.2) is 0 Å². The standard InChI is InChI=1S/C24H19ClFNO5/c25-19-8-6-15(7-9-19)23(29)27-12-21(28)30-13-17-10-20(26)11-18-14-31-24(32-22(17)18)16-4-2-1-3-5-16/h1-11,24H,12-14H2,(H,27,29). The summed E-state index contributed by atoms with van der Waals surface area (Å²) >= 11 is 5.80. The molecule has 1 atom stereocenters. The number of carbonyl (C=O) groups is 2. The second kappa shape index (κ2) is 9.80. The van der Waals surface area contributed by atoms with E-state index in [1.54, 1.807) is 24.3 Å². The third-order valence-corrected chi connectivity index (χ3v) is 5.03. The first kappa shape index (κ1) is 21.8. The molecule has 3 aromatic rings. The second-order valence-corrected chi connectivity index (χ2v) is 7.51. The molecule has 1 aliphatic heterocycles. The summed E-state index contributed by atoms with van der Waals surface area (Å²) in [6.45, 7) is -0.391. The summed E-state index contributed by atoms with van der Waals surface area (Å²) in [7, 11) is 0. The Labute approximate surface area is 188 Å². The summed E-state index contributed by atoms with van der Waals surface area (Å²) in [5.74, 6) is -1.18. The van der Waals surface area contributed by atoms with Crippen LogP contribution in [0.3, 0.4) is 0 Å². The molecule has 164 valence electrons. The van der Waals surface area contributed by atoms with E-state index < -0.39 is 24.0 Å². The van der Waals surface area contributed by atoms with Crippen LogP contribution in [-0.4, -0.2) is 18.4 Å². The van der Waals surface area contributed by atoms with Crippen molar-refractivity contribution in [1.29, 1.82) is 0 Å². The Bertz CT molecular complexity index is 1120. The number of carbonyl (C=O) groups excluding carboxylic acids is 2. The lowest BCUT2D eigenvalue weighted by atomic mass is 10.1. The molecular weight excluding hydrogens is 437 g/mol. The maximum absolute atomic E-state index is 14.1. The van der Waals surface area contributed by atoms with E-state index in [2.05, 4.69) is 5.32 Å². The van der Waals surface area contributed by atoms with Crippen molar-refractivity contribution < 1.29 is 28.2 Å². The number of nitrogens with one attached hydrogen (secondary N) is 1. The highest BCUT2D eigenvalue weighted by Crippen LogP contribution is 2.36. The number of fused-ring (bicyclic) bond motifs is 1. The van der Waals surface area contributed by atoms with Gasteiger partial charge >= 0.3 is 5.97 Å². The fraction of sp³-hybridized carbons (Fsp3) is 0.167. The minimum absolute atomic E-state index is 0.157. The quantitative estimate of drug-likeness (QED) is 0.551. The van der Waals surface area contributed by atoms with Crippen molar-refractivity contribution in [2.75, 3.05) is 6.54 Å².